The van der Waals surface area contributed by atoms with Gasteiger partial charge >= 0.3 is 0 Å². The minimum atomic E-state index is -0.269. The van der Waals surface area contributed by atoms with Gasteiger partial charge in [0.05, 0.1) is 0 Å². The van der Waals surface area contributed by atoms with E-state index < -0.39 is 0 Å². The highest BCUT2D eigenvalue weighted by atomic mass is 79.9. The second-order valence-corrected chi connectivity index (χ2v) is 5.90. The third-order valence-electron chi connectivity index (χ3n) is 3.91. The van der Waals surface area contributed by atoms with E-state index in [1.807, 2.05) is 0 Å². The molecule has 1 unspecified atom stereocenters. The lowest BCUT2D eigenvalue weighted by atomic mass is 9.77. The Hall–Kier alpha value is -0.340. The Morgan fingerprint density at radius 3 is 2.57 bits per heavy atom. The first-order valence-corrected chi connectivity index (χ1v) is 6.01. The summed E-state index contributed by atoms with van der Waals surface area (Å²) >= 11 is 3.75. The van der Waals surface area contributed by atoms with Crippen LogP contribution in [0.2, 0.25) is 0 Å². The molecule has 0 aromatic heterocycles. The first-order chi connectivity index (χ1) is 6.66. The van der Waals surface area contributed by atoms with Gasteiger partial charge in [-0.05, 0) is 36.8 Å². The molecule has 0 bridgehead atoms. The van der Waals surface area contributed by atoms with E-state index in [2.05, 4.69) is 40.2 Å². The van der Waals surface area contributed by atoms with Crippen LogP contribution in [0.5, 0.6) is 0 Å². The fourth-order valence-electron chi connectivity index (χ4n) is 2.70. The molecule has 2 aliphatic rings. The Balaban J connectivity index is 2.16. The number of fused-ring (bicyclic) bond motifs is 1. The van der Waals surface area contributed by atoms with Crippen LogP contribution in [0.15, 0.2) is 24.3 Å². The molecular weight excluding hydrogens is 238 g/mol. The predicted octanol–water partition coefficient (Wildman–Crippen LogP) is 2.92. The number of hydrogen-bond donors (Lipinski definition) is 1. The Bertz CT molecular complexity index is 380. The zero-order valence-electron chi connectivity index (χ0n) is 8.09. The van der Waals surface area contributed by atoms with Crippen molar-refractivity contribution < 1.29 is 0 Å². The fourth-order valence-corrected chi connectivity index (χ4v) is 3.68. The highest BCUT2D eigenvalue weighted by molar-refractivity contribution is 9.09. The molecule has 74 valence electrons. The van der Waals surface area contributed by atoms with Crippen LogP contribution in [-0.2, 0) is 10.9 Å². The molecule has 1 aromatic carbocycles. The minimum absolute atomic E-state index is 0.269. The molecule has 1 nitrogen and oxygen atoms in total. The molecule has 0 amide bonds. The SMILES string of the molecule is NC1(Br)c2ccccc2CCC12CC2. The van der Waals surface area contributed by atoms with Crippen LogP contribution in [0, 0.1) is 5.41 Å². The summed E-state index contributed by atoms with van der Waals surface area (Å²) in [5.41, 5.74) is 9.54. The molecule has 0 saturated heterocycles. The topological polar surface area (TPSA) is 26.0 Å². The molecule has 2 heteroatoms. The van der Waals surface area contributed by atoms with E-state index in [1.54, 1.807) is 0 Å². The lowest BCUT2D eigenvalue weighted by molar-refractivity contribution is 0.326. The van der Waals surface area contributed by atoms with Crippen LogP contribution >= 0.6 is 15.9 Å². The predicted molar refractivity (Wildman–Crippen MR) is 61.2 cm³/mol. The van der Waals surface area contributed by atoms with Crippen LogP contribution < -0.4 is 5.73 Å². The smallest absolute Gasteiger partial charge is 0.103 e. The number of aryl methyl sites for hydroxylation is 1. The van der Waals surface area contributed by atoms with Crippen molar-refractivity contribution in [3.8, 4) is 0 Å². The molecule has 2 N–H and O–H groups in total. The van der Waals surface area contributed by atoms with Gasteiger partial charge in [0.2, 0.25) is 0 Å². The molecule has 0 aliphatic heterocycles. The Morgan fingerprint density at radius 1 is 1.14 bits per heavy atom. The van der Waals surface area contributed by atoms with Gasteiger partial charge in [0.15, 0.2) is 0 Å². The zero-order valence-corrected chi connectivity index (χ0v) is 9.68. The number of rotatable bonds is 0. The maximum absolute atomic E-state index is 6.45. The standard InChI is InChI=1S/C12H14BrN/c13-12(14)10-4-2-1-3-9(10)5-6-11(12)7-8-11/h1-4H,5-8,14H2. The largest absolute Gasteiger partial charge is 0.312 e. The number of halogens is 1. The van der Waals surface area contributed by atoms with Crippen LogP contribution in [0.3, 0.4) is 0 Å². The fraction of sp³-hybridized carbons (Fsp3) is 0.500. The van der Waals surface area contributed by atoms with Crippen molar-refractivity contribution in [3.63, 3.8) is 0 Å². The molecule has 14 heavy (non-hydrogen) atoms. The summed E-state index contributed by atoms with van der Waals surface area (Å²) < 4.78 is -0.269. The Labute approximate surface area is 92.8 Å². The van der Waals surface area contributed by atoms with E-state index in [0.717, 1.165) is 0 Å². The molecule has 1 saturated carbocycles. The molecule has 1 aromatic rings. The maximum Gasteiger partial charge on any atom is 0.103 e. The normalized spacial score (nSPS) is 32.7. The summed E-state index contributed by atoms with van der Waals surface area (Å²) in [7, 11) is 0. The summed E-state index contributed by atoms with van der Waals surface area (Å²) in [6.07, 6.45) is 5.00. The van der Waals surface area contributed by atoms with Crippen molar-refractivity contribution in [1.82, 2.24) is 0 Å². The Morgan fingerprint density at radius 2 is 1.86 bits per heavy atom. The summed E-state index contributed by atoms with van der Waals surface area (Å²) in [6, 6.07) is 8.56. The van der Waals surface area contributed by atoms with Gasteiger partial charge in [-0.15, -0.1) is 0 Å². The molecule has 3 rings (SSSR count). The Kier molecular flexibility index (Phi) is 1.67. The third-order valence-corrected chi connectivity index (χ3v) is 5.18. The van der Waals surface area contributed by atoms with E-state index in [1.165, 1.54) is 36.8 Å². The monoisotopic (exact) mass is 251 g/mol. The molecular formula is C12H14BrN. The van der Waals surface area contributed by atoms with Crippen molar-refractivity contribution in [3.05, 3.63) is 35.4 Å². The lowest BCUT2D eigenvalue weighted by Gasteiger charge is -2.39. The van der Waals surface area contributed by atoms with Crippen LogP contribution in [-0.4, -0.2) is 0 Å². The summed E-state index contributed by atoms with van der Waals surface area (Å²) in [5, 5.41) is 0. The van der Waals surface area contributed by atoms with Crippen molar-refractivity contribution in [2.24, 2.45) is 11.1 Å². The first kappa shape index (κ1) is 8.93. The van der Waals surface area contributed by atoms with Gasteiger partial charge < -0.3 is 5.73 Å². The van der Waals surface area contributed by atoms with E-state index in [-0.39, 0.29) is 4.45 Å². The molecule has 1 spiro atoms. The number of hydrogen-bond acceptors (Lipinski definition) is 1. The van der Waals surface area contributed by atoms with Gasteiger partial charge in [-0.2, -0.15) is 0 Å². The lowest BCUT2D eigenvalue weighted by Crippen LogP contribution is -2.43. The molecule has 0 heterocycles. The summed E-state index contributed by atoms with van der Waals surface area (Å²) in [5.74, 6) is 0. The highest BCUT2D eigenvalue weighted by Gasteiger charge is 2.58. The number of alkyl halides is 1. The number of nitrogens with two attached hydrogens (primary N) is 1. The van der Waals surface area contributed by atoms with Crippen molar-refractivity contribution in [1.29, 1.82) is 0 Å². The summed E-state index contributed by atoms with van der Waals surface area (Å²) in [6.45, 7) is 0. The molecule has 0 radical (unpaired) electrons. The molecule has 1 fully saturated rings. The second kappa shape index (κ2) is 2.61. The molecule has 1 atom stereocenters. The first-order valence-electron chi connectivity index (χ1n) is 5.22. The van der Waals surface area contributed by atoms with Crippen molar-refractivity contribution in [2.75, 3.05) is 0 Å². The maximum atomic E-state index is 6.45. The van der Waals surface area contributed by atoms with Gasteiger partial charge in [-0.3, -0.25) is 0 Å². The van der Waals surface area contributed by atoms with Crippen LogP contribution in [0.25, 0.3) is 0 Å². The van der Waals surface area contributed by atoms with Gasteiger partial charge in [-0.25, -0.2) is 0 Å². The van der Waals surface area contributed by atoms with Gasteiger partial charge in [0, 0.05) is 5.41 Å². The third kappa shape index (κ3) is 0.986. The summed E-state index contributed by atoms with van der Waals surface area (Å²) in [4.78, 5) is 0. The van der Waals surface area contributed by atoms with E-state index in [4.69, 9.17) is 5.73 Å². The van der Waals surface area contributed by atoms with Gasteiger partial charge in [0.25, 0.3) is 0 Å². The van der Waals surface area contributed by atoms with E-state index >= 15 is 0 Å². The minimum Gasteiger partial charge on any atom is -0.312 e. The quantitative estimate of drug-likeness (QED) is 0.557. The average Bonchev–Trinajstić information content (AvgIpc) is 2.95. The van der Waals surface area contributed by atoms with Gasteiger partial charge in [0.1, 0.15) is 4.45 Å². The average molecular weight is 252 g/mol. The van der Waals surface area contributed by atoms with Gasteiger partial charge in [-0.1, -0.05) is 40.2 Å². The van der Waals surface area contributed by atoms with E-state index in [9.17, 15) is 0 Å². The highest BCUT2D eigenvalue weighted by Crippen LogP contribution is 2.65. The van der Waals surface area contributed by atoms with E-state index in [0.29, 0.717) is 5.41 Å². The van der Waals surface area contributed by atoms with Crippen LogP contribution in [0.1, 0.15) is 30.4 Å². The van der Waals surface area contributed by atoms with Crippen LogP contribution in [0.4, 0.5) is 0 Å². The van der Waals surface area contributed by atoms with Crippen molar-refractivity contribution >= 4 is 15.9 Å². The molecule has 2 aliphatic carbocycles. The van der Waals surface area contributed by atoms with Crippen molar-refractivity contribution in [2.45, 2.75) is 30.1 Å². The zero-order chi connectivity index (χ0) is 9.81. The second-order valence-electron chi connectivity index (χ2n) is 4.65. The number of benzene rings is 1.